The van der Waals surface area contributed by atoms with E-state index in [1.807, 2.05) is 7.05 Å². The average molecular weight is 316 g/mol. The van der Waals surface area contributed by atoms with Gasteiger partial charge in [0.2, 0.25) is 0 Å². The summed E-state index contributed by atoms with van der Waals surface area (Å²) in [5.74, 6) is -0.265. The highest BCUT2D eigenvalue weighted by Crippen LogP contribution is 2.18. The van der Waals surface area contributed by atoms with Crippen LogP contribution in [0.2, 0.25) is 0 Å². The number of carbonyl (C=O) groups is 2. The van der Waals surface area contributed by atoms with Crippen LogP contribution >= 0.6 is 0 Å². The summed E-state index contributed by atoms with van der Waals surface area (Å²) >= 11 is 0. The Hall–Kier alpha value is -1.95. The second kappa shape index (κ2) is 7.08. The molecule has 2 aliphatic rings. The summed E-state index contributed by atoms with van der Waals surface area (Å²) in [7, 11) is 2.05. The molecule has 2 amide bonds. The summed E-state index contributed by atoms with van der Waals surface area (Å²) in [6.07, 6.45) is 4.40. The first kappa shape index (κ1) is 15.9. The number of aromatic nitrogens is 1. The third-order valence-electron chi connectivity index (χ3n) is 4.68. The molecule has 1 saturated heterocycles. The minimum atomic E-state index is -0.176. The van der Waals surface area contributed by atoms with Crippen LogP contribution in [-0.4, -0.2) is 65.9 Å². The van der Waals surface area contributed by atoms with Gasteiger partial charge in [-0.2, -0.15) is 0 Å². The molecule has 3 rings (SSSR count). The fourth-order valence-corrected chi connectivity index (χ4v) is 3.18. The third-order valence-corrected chi connectivity index (χ3v) is 4.68. The minimum absolute atomic E-state index is 0.0892. The molecule has 6 nitrogen and oxygen atoms in total. The van der Waals surface area contributed by atoms with E-state index >= 15 is 0 Å². The molecule has 0 radical (unpaired) electrons. The number of nitrogens with one attached hydrogen (secondary N) is 1. The molecule has 1 saturated carbocycles. The molecule has 0 bridgehead atoms. The lowest BCUT2D eigenvalue weighted by Crippen LogP contribution is -2.47. The van der Waals surface area contributed by atoms with Crippen LogP contribution in [0.25, 0.3) is 0 Å². The maximum atomic E-state index is 12.5. The van der Waals surface area contributed by atoms with Crippen LogP contribution in [0.3, 0.4) is 0 Å². The largest absolute Gasteiger partial charge is 0.348 e. The van der Waals surface area contributed by atoms with E-state index < -0.39 is 0 Å². The van der Waals surface area contributed by atoms with Gasteiger partial charge >= 0.3 is 0 Å². The van der Waals surface area contributed by atoms with Crippen LogP contribution < -0.4 is 5.32 Å². The van der Waals surface area contributed by atoms with Crippen molar-refractivity contribution in [2.75, 3.05) is 33.2 Å². The molecular weight excluding hydrogens is 292 g/mol. The number of likely N-dealkylation sites (N-methyl/N-ethyl adjacent to an activating group) is 1. The SMILES string of the molecule is CN1CCN(C(=O)c2cccc(C(=O)NC3CCCC3)n2)CC1. The second-order valence-electron chi connectivity index (χ2n) is 6.46. The Balaban J connectivity index is 1.66. The van der Waals surface area contributed by atoms with Crippen molar-refractivity contribution in [1.29, 1.82) is 0 Å². The van der Waals surface area contributed by atoms with Gasteiger partial charge < -0.3 is 15.1 Å². The number of rotatable bonds is 3. The smallest absolute Gasteiger partial charge is 0.272 e. The average Bonchev–Trinajstić information content (AvgIpc) is 3.08. The van der Waals surface area contributed by atoms with Crippen LogP contribution in [0.15, 0.2) is 18.2 Å². The summed E-state index contributed by atoms with van der Waals surface area (Å²) in [6.45, 7) is 3.15. The quantitative estimate of drug-likeness (QED) is 0.908. The predicted octanol–water partition coefficient (Wildman–Crippen LogP) is 1.14. The highest BCUT2D eigenvalue weighted by Gasteiger charge is 2.23. The Bertz CT molecular complexity index is 576. The zero-order valence-corrected chi connectivity index (χ0v) is 13.6. The van der Waals surface area contributed by atoms with Crippen molar-refractivity contribution in [2.24, 2.45) is 0 Å². The van der Waals surface area contributed by atoms with E-state index in [1.54, 1.807) is 23.1 Å². The van der Waals surface area contributed by atoms with Gasteiger partial charge in [-0.1, -0.05) is 18.9 Å². The third kappa shape index (κ3) is 3.88. The molecule has 2 fully saturated rings. The van der Waals surface area contributed by atoms with E-state index in [9.17, 15) is 9.59 Å². The van der Waals surface area contributed by atoms with Crippen molar-refractivity contribution >= 4 is 11.8 Å². The molecule has 0 spiro atoms. The summed E-state index contributed by atoms with van der Waals surface area (Å²) in [4.78, 5) is 33.1. The predicted molar refractivity (Wildman–Crippen MR) is 87.4 cm³/mol. The number of nitrogens with zero attached hydrogens (tertiary/aromatic N) is 3. The number of pyridine rings is 1. The summed E-state index contributed by atoms with van der Waals surface area (Å²) in [5, 5.41) is 3.01. The van der Waals surface area contributed by atoms with Crippen LogP contribution in [0, 0.1) is 0 Å². The molecule has 2 heterocycles. The van der Waals surface area contributed by atoms with Crippen LogP contribution in [-0.2, 0) is 0 Å². The van der Waals surface area contributed by atoms with Gasteiger partial charge in [0.15, 0.2) is 0 Å². The zero-order chi connectivity index (χ0) is 16.2. The fraction of sp³-hybridized carbons (Fsp3) is 0.588. The van der Waals surface area contributed by atoms with Crippen LogP contribution in [0.4, 0.5) is 0 Å². The van der Waals surface area contributed by atoms with Crippen LogP contribution in [0.5, 0.6) is 0 Å². The maximum Gasteiger partial charge on any atom is 0.272 e. The number of hydrogen-bond donors (Lipinski definition) is 1. The molecule has 0 atom stereocenters. The number of hydrogen-bond acceptors (Lipinski definition) is 4. The van der Waals surface area contributed by atoms with Crippen LogP contribution in [0.1, 0.15) is 46.7 Å². The lowest BCUT2D eigenvalue weighted by molar-refractivity contribution is 0.0658. The van der Waals surface area contributed by atoms with Crippen molar-refractivity contribution in [1.82, 2.24) is 20.1 Å². The van der Waals surface area contributed by atoms with E-state index in [0.717, 1.165) is 25.9 Å². The van der Waals surface area contributed by atoms with Gasteiger partial charge in [-0.3, -0.25) is 9.59 Å². The van der Waals surface area contributed by atoms with Gasteiger partial charge in [0.25, 0.3) is 11.8 Å². The Morgan fingerprint density at radius 3 is 2.43 bits per heavy atom. The number of carbonyl (C=O) groups excluding carboxylic acids is 2. The van der Waals surface area contributed by atoms with Gasteiger partial charge in [0.05, 0.1) is 0 Å². The molecule has 0 aromatic carbocycles. The first-order valence-electron chi connectivity index (χ1n) is 8.39. The standard InChI is InChI=1S/C17H24N4O2/c1-20-9-11-21(12-10-20)17(23)15-8-4-7-14(19-15)16(22)18-13-5-2-3-6-13/h4,7-8,13H,2-3,5-6,9-12H2,1H3,(H,18,22). The van der Waals surface area contributed by atoms with E-state index in [4.69, 9.17) is 0 Å². The number of amides is 2. The van der Waals surface area contributed by atoms with Gasteiger partial charge in [-0.05, 0) is 32.0 Å². The molecular formula is C17H24N4O2. The maximum absolute atomic E-state index is 12.5. The van der Waals surface area contributed by atoms with Crippen molar-refractivity contribution < 1.29 is 9.59 Å². The first-order valence-corrected chi connectivity index (χ1v) is 8.39. The van der Waals surface area contributed by atoms with Gasteiger partial charge in [0.1, 0.15) is 11.4 Å². The molecule has 1 aliphatic heterocycles. The molecule has 23 heavy (non-hydrogen) atoms. The van der Waals surface area contributed by atoms with Crippen molar-refractivity contribution in [3.8, 4) is 0 Å². The lowest BCUT2D eigenvalue weighted by atomic mass is 10.2. The summed E-state index contributed by atoms with van der Waals surface area (Å²) < 4.78 is 0. The zero-order valence-electron chi connectivity index (χ0n) is 13.6. The van der Waals surface area contributed by atoms with Gasteiger partial charge in [-0.15, -0.1) is 0 Å². The Morgan fingerprint density at radius 1 is 1.09 bits per heavy atom. The Morgan fingerprint density at radius 2 is 1.74 bits per heavy atom. The lowest BCUT2D eigenvalue weighted by Gasteiger charge is -2.32. The molecule has 1 aliphatic carbocycles. The molecule has 0 unspecified atom stereocenters. The first-order chi connectivity index (χ1) is 11.1. The van der Waals surface area contributed by atoms with Crippen molar-refractivity contribution in [3.05, 3.63) is 29.6 Å². The fourth-order valence-electron chi connectivity index (χ4n) is 3.18. The van der Waals surface area contributed by atoms with Gasteiger partial charge in [0, 0.05) is 32.2 Å². The van der Waals surface area contributed by atoms with E-state index in [1.165, 1.54) is 12.8 Å². The topological polar surface area (TPSA) is 65.5 Å². The van der Waals surface area contributed by atoms with E-state index in [-0.39, 0.29) is 17.9 Å². The van der Waals surface area contributed by atoms with E-state index in [0.29, 0.717) is 24.5 Å². The van der Waals surface area contributed by atoms with Crippen molar-refractivity contribution in [3.63, 3.8) is 0 Å². The summed E-state index contributed by atoms with van der Waals surface area (Å²) in [5.41, 5.74) is 0.686. The second-order valence-corrected chi connectivity index (χ2v) is 6.46. The summed E-state index contributed by atoms with van der Waals surface area (Å²) in [6, 6.07) is 5.35. The Kier molecular flexibility index (Phi) is 4.91. The molecule has 1 N–H and O–H groups in total. The molecule has 124 valence electrons. The minimum Gasteiger partial charge on any atom is -0.348 e. The number of piperazine rings is 1. The molecule has 1 aromatic heterocycles. The normalized spacial score (nSPS) is 19.8. The van der Waals surface area contributed by atoms with Gasteiger partial charge in [-0.25, -0.2) is 4.98 Å². The molecule has 6 heteroatoms. The van der Waals surface area contributed by atoms with Crippen molar-refractivity contribution in [2.45, 2.75) is 31.7 Å². The highest BCUT2D eigenvalue weighted by molar-refractivity contribution is 5.96. The monoisotopic (exact) mass is 316 g/mol. The Labute approximate surface area is 136 Å². The molecule has 1 aromatic rings. The van der Waals surface area contributed by atoms with E-state index in [2.05, 4.69) is 15.2 Å². The highest BCUT2D eigenvalue weighted by atomic mass is 16.2.